The third-order valence-corrected chi connectivity index (χ3v) is 4.49. The molecule has 0 aromatic rings. The Labute approximate surface area is 106 Å². The lowest BCUT2D eigenvalue weighted by Gasteiger charge is -2.27. The highest BCUT2D eigenvalue weighted by Crippen LogP contribution is 2.24. The number of carboxylic acids is 1. The molecule has 7 nitrogen and oxygen atoms in total. The van der Waals surface area contributed by atoms with E-state index in [1.54, 1.807) is 0 Å². The normalized spacial score (nSPS) is 24.7. The van der Waals surface area contributed by atoms with E-state index >= 15 is 0 Å². The summed E-state index contributed by atoms with van der Waals surface area (Å²) in [6.45, 7) is 0. The topological polar surface area (TPSA) is 127 Å². The van der Waals surface area contributed by atoms with Crippen molar-refractivity contribution in [3.05, 3.63) is 0 Å². The van der Waals surface area contributed by atoms with Crippen LogP contribution in [-0.2, 0) is 19.6 Å². The lowest BCUT2D eigenvalue weighted by Crippen LogP contribution is -2.40. The number of primary amides is 1. The average molecular weight is 278 g/mol. The molecule has 1 aliphatic carbocycles. The molecule has 0 aromatic carbocycles. The molecule has 1 aliphatic rings. The van der Waals surface area contributed by atoms with E-state index in [-0.39, 0.29) is 17.9 Å². The van der Waals surface area contributed by atoms with Gasteiger partial charge >= 0.3 is 5.97 Å². The number of hydrogen-bond acceptors (Lipinski definition) is 4. The highest BCUT2D eigenvalue weighted by molar-refractivity contribution is 7.89. The smallest absolute Gasteiger partial charge is 0.304 e. The van der Waals surface area contributed by atoms with Gasteiger partial charge in [-0.15, -0.1) is 0 Å². The lowest BCUT2D eigenvalue weighted by molar-refractivity contribution is -0.136. The summed E-state index contributed by atoms with van der Waals surface area (Å²) in [5.74, 6) is -2.08. The molecule has 1 amide bonds. The molecule has 0 aliphatic heterocycles. The molecule has 0 atom stereocenters. The number of carbonyl (C=O) groups excluding carboxylic acids is 1. The van der Waals surface area contributed by atoms with E-state index < -0.39 is 28.2 Å². The highest BCUT2D eigenvalue weighted by atomic mass is 32.2. The molecule has 1 fully saturated rings. The van der Waals surface area contributed by atoms with Crippen molar-refractivity contribution in [3.63, 3.8) is 0 Å². The minimum absolute atomic E-state index is 0.176. The molecule has 0 radical (unpaired) electrons. The third kappa shape index (κ3) is 5.01. The summed E-state index contributed by atoms with van der Waals surface area (Å²) in [7, 11) is -3.56. The van der Waals surface area contributed by atoms with Crippen LogP contribution in [0.15, 0.2) is 0 Å². The Bertz CT molecular complexity index is 412. The van der Waals surface area contributed by atoms with E-state index in [0.29, 0.717) is 25.7 Å². The van der Waals surface area contributed by atoms with E-state index in [1.165, 1.54) is 0 Å². The maximum absolute atomic E-state index is 11.6. The predicted octanol–water partition coefficient (Wildman–Crippen LogP) is -0.575. The summed E-state index contributed by atoms with van der Waals surface area (Å²) < 4.78 is 25.6. The SMILES string of the molecule is NC(=O)C1CCC(NS(=O)(=O)CCC(=O)O)CC1. The van der Waals surface area contributed by atoms with Gasteiger partial charge in [-0.25, -0.2) is 13.1 Å². The molecular formula is C10H18N2O5S. The van der Waals surface area contributed by atoms with Gasteiger partial charge in [-0.2, -0.15) is 0 Å². The number of carbonyl (C=O) groups is 2. The summed E-state index contributed by atoms with van der Waals surface area (Å²) in [4.78, 5) is 21.3. The van der Waals surface area contributed by atoms with E-state index in [0.717, 1.165) is 0 Å². The molecule has 104 valence electrons. The van der Waals surface area contributed by atoms with Crippen LogP contribution in [0, 0.1) is 5.92 Å². The van der Waals surface area contributed by atoms with Crippen LogP contribution in [0.3, 0.4) is 0 Å². The van der Waals surface area contributed by atoms with Gasteiger partial charge in [0.2, 0.25) is 15.9 Å². The molecule has 1 rings (SSSR count). The van der Waals surface area contributed by atoms with E-state index in [2.05, 4.69) is 4.72 Å². The maximum atomic E-state index is 11.6. The van der Waals surface area contributed by atoms with Gasteiger partial charge in [-0.3, -0.25) is 9.59 Å². The Morgan fingerprint density at radius 2 is 1.78 bits per heavy atom. The van der Waals surface area contributed by atoms with Crippen LogP contribution < -0.4 is 10.5 Å². The fourth-order valence-electron chi connectivity index (χ4n) is 2.03. The average Bonchev–Trinajstić information content (AvgIpc) is 2.27. The van der Waals surface area contributed by atoms with Gasteiger partial charge in [0.25, 0.3) is 0 Å². The Morgan fingerprint density at radius 3 is 2.22 bits per heavy atom. The van der Waals surface area contributed by atoms with Crippen molar-refractivity contribution in [1.82, 2.24) is 4.72 Å². The van der Waals surface area contributed by atoms with Crippen LogP contribution in [-0.4, -0.2) is 37.2 Å². The Morgan fingerprint density at radius 1 is 1.22 bits per heavy atom. The first-order chi connectivity index (χ1) is 8.30. The number of amides is 1. The van der Waals surface area contributed by atoms with Gasteiger partial charge < -0.3 is 10.8 Å². The van der Waals surface area contributed by atoms with Crippen molar-refractivity contribution in [2.24, 2.45) is 11.7 Å². The highest BCUT2D eigenvalue weighted by Gasteiger charge is 2.27. The van der Waals surface area contributed by atoms with E-state index in [1.807, 2.05) is 0 Å². The number of sulfonamides is 1. The Kier molecular flexibility index (Phi) is 5.09. The summed E-state index contributed by atoms with van der Waals surface area (Å²) in [5.41, 5.74) is 5.18. The fraction of sp³-hybridized carbons (Fsp3) is 0.800. The van der Waals surface area contributed by atoms with Crippen molar-refractivity contribution in [2.75, 3.05) is 5.75 Å². The zero-order chi connectivity index (χ0) is 13.8. The van der Waals surface area contributed by atoms with Crippen molar-refractivity contribution < 1.29 is 23.1 Å². The monoisotopic (exact) mass is 278 g/mol. The minimum Gasteiger partial charge on any atom is -0.481 e. The van der Waals surface area contributed by atoms with Gasteiger partial charge in [0, 0.05) is 12.0 Å². The molecule has 0 saturated heterocycles. The lowest BCUT2D eigenvalue weighted by atomic mass is 9.86. The minimum atomic E-state index is -3.56. The van der Waals surface area contributed by atoms with Gasteiger partial charge in [-0.05, 0) is 25.7 Å². The van der Waals surface area contributed by atoms with Gasteiger partial charge in [0.1, 0.15) is 0 Å². The van der Waals surface area contributed by atoms with Gasteiger partial charge in [0.05, 0.1) is 12.2 Å². The summed E-state index contributed by atoms with van der Waals surface area (Å²) in [6.07, 6.45) is 1.84. The molecular weight excluding hydrogens is 260 g/mol. The van der Waals surface area contributed by atoms with Crippen LogP contribution in [0.4, 0.5) is 0 Å². The number of carboxylic acid groups (broad SMARTS) is 1. The largest absolute Gasteiger partial charge is 0.481 e. The van der Waals surface area contributed by atoms with Crippen molar-refractivity contribution in [2.45, 2.75) is 38.1 Å². The second-order valence-corrected chi connectivity index (χ2v) is 6.40. The van der Waals surface area contributed by atoms with Crippen molar-refractivity contribution in [3.8, 4) is 0 Å². The number of nitrogens with two attached hydrogens (primary N) is 1. The first-order valence-corrected chi connectivity index (χ1v) is 7.46. The standard InChI is InChI=1S/C10H18N2O5S/c11-10(15)7-1-3-8(4-2-7)12-18(16,17)6-5-9(13)14/h7-8,12H,1-6H2,(H2,11,15)(H,13,14). The van der Waals surface area contributed by atoms with Crippen LogP contribution >= 0.6 is 0 Å². The number of hydrogen-bond donors (Lipinski definition) is 3. The molecule has 0 bridgehead atoms. The van der Waals surface area contributed by atoms with E-state index in [9.17, 15) is 18.0 Å². The predicted molar refractivity (Wildman–Crippen MR) is 64.1 cm³/mol. The molecule has 0 spiro atoms. The molecule has 0 aromatic heterocycles. The summed E-state index contributed by atoms with van der Waals surface area (Å²) >= 11 is 0. The Hall–Kier alpha value is -1.15. The zero-order valence-corrected chi connectivity index (χ0v) is 10.8. The van der Waals surface area contributed by atoms with Gasteiger partial charge in [0.15, 0.2) is 0 Å². The quantitative estimate of drug-likeness (QED) is 0.599. The van der Waals surface area contributed by atoms with Crippen LogP contribution in [0.25, 0.3) is 0 Å². The zero-order valence-electron chi connectivity index (χ0n) is 9.96. The molecule has 0 heterocycles. The van der Waals surface area contributed by atoms with Crippen LogP contribution in [0.2, 0.25) is 0 Å². The molecule has 4 N–H and O–H groups in total. The number of aliphatic carboxylic acids is 1. The van der Waals surface area contributed by atoms with Gasteiger partial charge in [-0.1, -0.05) is 0 Å². The second kappa shape index (κ2) is 6.14. The summed E-state index contributed by atoms with van der Waals surface area (Å²) in [6, 6.07) is -0.223. The van der Waals surface area contributed by atoms with Crippen molar-refractivity contribution in [1.29, 1.82) is 0 Å². The maximum Gasteiger partial charge on any atom is 0.304 e. The summed E-state index contributed by atoms with van der Waals surface area (Å²) in [5, 5.41) is 8.43. The molecule has 18 heavy (non-hydrogen) atoms. The van der Waals surface area contributed by atoms with Crippen LogP contribution in [0.5, 0.6) is 0 Å². The molecule has 0 unspecified atom stereocenters. The van der Waals surface area contributed by atoms with E-state index in [4.69, 9.17) is 10.8 Å². The molecule has 8 heteroatoms. The number of nitrogens with one attached hydrogen (secondary N) is 1. The number of rotatable bonds is 6. The fourth-order valence-corrected chi connectivity index (χ4v) is 3.34. The second-order valence-electron chi connectivity index (χ2n) is 4.53. The first-order valence-electron chi connectivity index (χ1n) is 5.81. The third-order valence-electron chi connectivity index (χ3n) is 3.06. The molecule has 1 saturated carbocycles. The van der Waals surface area contributed by atoms with Crippen molar-refractivity contribution >= 4 is 21.9 Å². The first kappa shape index (κ1) is 14.9. The van der Waals surface area contributed by atoms with Crippen LogP contribution in [0.1, 0.15) is 32.1 Å². The Balaban J connectivity index is 2.40.